The zero-order chi connectivity index (χ0) is 23.0. The van der Waals surface area contributed by atoms with Gasteiger partial charge in [-0.15, -0.1) is 0 Å². The highest BCUT2D eigenvalue weighted by atomic mass is 16.5. The number of aliphatic hydroxyl groups is 1. The molecule has 170 valence electrons. The molecule has 2 amide bonds. The summed E-state index contributed by atoms with van der Waals surface area (Å²) in [6.07, 6.45) is 3.64. The average molecular weight is 446 g/mol. The maximum absolute atomic E-state index is 12.5. The maximum atomic E-state index is 12.5. The third kappa shape index (κ3) is 6.03. The van der Waals surface area contributed by atoms with Crippen LogP contribution in [0.5, 0.6) is 0 Å². The molecule has 0 bridgehead atoms. The third-order valence-corrected chi connectivity index (χ3v) is 5.74. The summed E-state index contributed by atoms with van der Waals surface area (Å²) < 4.78 is 5.93. The fourth-order valence-electron chi connectivity index (χ4n) is 4.00. The molecule has 0 spiro atoms. The van der Waals surface area contributed by atoms with E-state index < -0.39 is 6.10 Å². The van der Waals surface area contributed by atoms with Crippen LogP contribution in [-0.4, -0.2) is 46.8 Å². The van der Waals surface area contributed by atoms with E-state index in [9.17, 15) is 14.7 Å². The van der Waals surface area contributed by atoms with Gasteiger partial charge in [-0.2, -0.15) is 0 Å². The Labute approximate surface area is 192 Å². The Morgan fingerprint density at radius 1 is 0.939 bits per heavy atom. The van der Waals surface area contributed by atoms with Gasteiger partial charge in [0.25, 0.3) is 5.91 Å². The van der Waals surface area contributed by atoms with Crippen molar-refractivity contribution in [3.05, 3.63) is 84.7 Å². The Morgan fingerprint density at radius 3 is 2.33 bits per heavy atom. The minimum absolute atomic E-state index is 0.150. The molecule has 1 fully saturated rings. The number of hydrogen-bond donors (Lipinski definition) is 3. The lowest BCUT2D eigenvalue weighted by Gasteiger charge is -2.36. The van der Waals surface area contributed by atoms with E-state index in [0.717, 1.165) is 16.8 Å². The zero-order valence-corrected chi connectivity index (χ0v) is 18.2. The highest BCUT2D eigenvalue weighted by Crippen LogP contribution is 2.24. The number of carbonyl (C=O) groups is 2. The van der Waals surface area contributed by atoms with E-state index >= 15 is 0 Å². The van der Waals surface area contributed by atoms with Crippen molar-refractivity contribution in [2.45, 2.75) is 37.5 Å². The molecule has 3 atom stereocenters. The van der Waals surface area contributed by atoms with E-state index in [2.05, 4.69) is 15.6 Å². The number of aromatic nitrogens is 1. The van der Waals surface area contributed by atoms with Crippen molar-refractivity contribution >= 4 is 17.5 Å². The van der Waals surface area contributed by atoms with Crippen molar-refractivity contribution in [3.8, 4) is 11.1 Å². The molecular weight excluding hydrogens is 418 g/mol. The van der Waals surface area contributed by atoms with Crippen molar-refractivity contribution in [2.24, 2.45) is 0 Å². The summed E-state index contributed by atoms with van der Waals surface area (Å²) in [6, 6.07) is 20.7. The lowest BCUT2D eigenvalue weighted by molar-refractivity contribution is -0.126. The van der Waals surface area contributed by atoms with E-state index in [-0.39, 0.29) is 37.0 Å². The van der Waals surface area contributed by atoms with Crippen LogP contribution in [0.25, 0.3) is 11.1 Å². The number of ether oxygens (including phenoxy) is 1. The first-order valence-corrected chi connectivity index (χ1v) is 11.0. The average Bonchev–Trinajstić information content (AvgIpc) is 2.86. The van der Waals surface area contributed by atoms with Crippen LogP contribution in [0.4, 0.5) is 5.69 Å². The Balaban J connectivity index is 1.28. The van der Waals surface area contributed by atoms with Gasteiger partial charge in [0.1, 0.15) is 6.10 Å². The largest absolute Gasteiger partial charge is 0.394 e. The number of anilines is 1. The van der Waals surface area contributed by atoms with Gasteiger partial charge in [0.2, 0.25) is 5.91 Å². The van der Waals surface area contributed by atoms with Crippen LogP contribution in [0, 0.1) is 0 Å². The highest BCUT2D eigenvalue weighted by molar-refractivity contribution is 5.94. The molecule has 33 heavy (non-hydrogen) atoms. The molecule has 1 aliphatic rings. The second-order valence-electron chi connectivity index (χ2n) is 8.07. The van der Waals surface area contributed by atoms with Gasteiger partial charge >= 0.3 is 0 Å². The van der Waals surface area contributed by atoms with Gasteiger partial charge < -0.3 is 20.5 Å². The normalized spacial score (nSPS) is 20.1. The summed E-state index contributed by atoms with van der Waals surface area (Å²) in [5.74, 6) is -0.386. The van der Waals surface area contributed by atoms with Gasteiger partial charge in [-0.1, -0.05) is 42.5 Å². The van der Waals surface area contributed by atoms with Crippen molar-refractivity contribution in [3.63, 3.8) is 0 Å². The summed E-state index contributed by atoms with van der Waals surface area (Å²) >= 11 is 0. The quantitative estimate of drug-likeness (QED) is 0.517. The lowest BCUT2D eigenvalue weighted by Crippen LogP contribution is -2.51. The van der Waals surface area contributed by atoms with Crippen LogP contribution in [0.1, 0.15) is 29.6 Å². The smallest absolute Gasteiger partial charge is 0.251 e. The fraction of sp³-hybridized carbons (Fsp3) is 0.269. The van der Waals surface area contributed by atoms with Gasteiger partial charge in [-0.05, 0) is 48.2 Å². The number of rotatable bonds is 7. The fourth-order valence-corrected chi connectivity index (χ4v) is 4.00. The standard InChI is InChI=1S/C26H27N3O4/c30-17-24-23(29-26(32)20-12-14-27-15-13-20)11-10-22(33-24)16-25(31)28-21-8-6-19(7-9-21)18-4-2-1-3-5-18/h1-9,12-15,22-24,30H,10-11,16-17H2,(H,28,31)(H,29,32)/t22-,23+,24-/m0/s1. The predicted octanol–water partition coefficient (Wildman–Crippen LogP) is 3.42. The van der Waals surface area contributed by atoms with E-state index in [1.54, 1.807) is 24.5 Å². The van der Waals surface area contributed by atoms with Crippen LogP contribution in [0.2, 0.25) is 0 Å². The van der Waals surface area contributed by atoms with Crippen LogP contribution < -0.4 is 10.6 Å². The molecule has 7 nitrogen and oxygen atoms in total. The molecule has 2 heterocycles. The molecule has 2 aromatic carbocycles. The van der Waals surface area contributed by atoms with Crippen LogP contribution in [-0.2, 0) is 9.53 Å². The number of carbonyl (C=O) groups excluding carboxylic acids is 2. The molecule has 3 aromatic rings. The molecule has 0 unspecified atom stereocenters. The predicted molar refractivity (Wildman–Crippen MR) is 126 cm³/mol. The SMILES string of the molecule is O=C(C[C@@H]1CC[C@@H](NC(=O)c2ccncc2)[C@H](CO)O1)Nc1ccc(-c2ccccc2)cc1. The van der Waals surface area contributed by atoms with Gasteiger partial charge in [0.15, 0.2) is 0 Å². The Bertz CT molecular complexity index is 1060. The first kappa shape index (κ1) is 22.6. The minimum atomic E-state index is -0.563. The second kappa shape index (κ2) is 10.8. The maximum Gasteiger partial charge on any atom is 0.251 e. The minimum Gasteiger partial charge on any atom is -0.394 e. The number of nitrogens with zero attached hydrogens (tertiary/aromatic N) is 1. The highest BCUT2D eigenvalue weighted by Gasteiger charge is 2.33. The summed E-state index contributed by atoms with van der Waals surface area (Å²) in [5.41, 5.74) is 3.42. The third-order valence-electron chi connectivity index (χ3n) is 5.74. The van der Waals surface area contributed by atoms with Crippen molar-refractivity contribution in [2.75, 3.05) is 11.9 Å². The monoisotopic (exact) mass is 445 g/mol. The Hall–Kier alpha value is -3.55. The van der Waals surface area contributed by atoms with Crippen LogP contribution >= 0.6 is 0 Å². The molecule has 1 saturated heterocycles. The van der Waals surface area contributed by atoms with E-state index in [1.165, 1.54) is 0 Å². The number of amides is 2. The van der Waals surface area contributed by atoms with E-state index in [0.29, 0.717) is 18.4 Å². The van der Waals surface area contributed by atoms with E-state index in [4.69, 9.17) is 4.74 Å². The molecular formula is C26H27N3O4. The Kier molecular flexibility index (Phi) is 7.44. The zero-order valence-electron chi connectivity index (χ0n) is 18.2. The topological polar surface area (TPSA) is 101 Å². The summed E-state index contributed by atoms with van der Waals surface area (Å²) in [4.78, 5) is 28.9. The Morgan fingerprint density at radius 2 is 1.64 bits per heavy atom. The molecule has 7 heteroatoms. The number of pyridine rings is 1. The molecule has 4 rings (SSSR count). The molecule has 0 aliphatic carbocycles. The second-order valence-corrected chi connectivity index (χ2v) is 8.07. The number of nitrogens with one attached hydrogen (secondary N) is 2. The molecule has 3 N–H and O–H groups in total. The van der Waals surface area contributed by atoms with Crippen molar-refractivity contribution in [1.82, 2.24) is 10.3 Å². The molecule has 0 saturated carbocycles. The van der Waals surface area contributed by atoms with Gasteiger partial charge in [0, 0.05) is 23.6 Å². The summed E-state index contributed by atoms with van der Waals surface area (Å²) in [7, 11) is 0. The number of benzene rings is 2. The number of aliphatic hydroxyl groups excluding tert-OH is 1. The van der Waals surface area contributed by atoms with Crippen LogP contribution in [0.15, 0.2) is 79.1 Å². The van der Waals surface area contributed by atoms with Gasteiger partial charge in [0.05, 0.1) is 25.2 Å². The molecule has 1 aromatic heterocycles. The summed E-state index contributed by atoms with van der Waals surface area (Å²) in [6.45, 7) is -0.236. The van der Waals surface area contributed by atoms with Crippen molar-refractivity contribution in [1.29, 1.82) is 0 Å². The van der Waals surface area contributed by atoms with E-state index in [1.807, 2.05) is 54.6 Å². The summed E-state index contributed by atoms with van der Waals surface area (Å²) in [5, 5.41) is 15.6. The first-order chi connectivity index (χ1) is 16.1. The van der Waals surface area contributed by atoms with Gasteiger partial charge in [-0.25, -0.2) is 0 Å². The van der Waals surface area contributed by atoms with Gasteiger partial charge in [-0.3, -0.25) is 14.6 Å². The first-order valence-electron chi connectivity index (χ1n) is 11.0. The van der Waals surface area contributed by atoms with Crippen LogP contribution in [0.3, 0.4) is 0 Å². The lowest BCUT2D eigenvalue weighted by atomic mass is 9.96. The number of hydrogen-bond acceptors (Lipinski definition) is 5. The van der Waals surface area contributed by atoms with Crippen molar-refractivity contribution < 1.29 is 19.4 Å². The molecule has 0 radical (unpaired) electrons. The molecule has 1 aliphatic heterocycles.